The van der Waals surface area contributed by atoms with Gasteiger partial charge < -0.3 is 5.32 Å². The summed E-state index contributed by atoms with van der Waals surface area (Å²) in [4.78, 5) is 12.6. The summed E-state index contributed by atoms with van der Waals surface area (Å²) in [6.07, 6.45) is 5.50. The van der Waals surface area contributed by atoms with Crippen LogP contribution < -0.4 is 5.32 Å². The average molecular weight is 450 g/mol. The Morgan fingerprint density at radius 2 is 1.79 bits per heavy atom. The molecule has 4 aromatic rings. The molecule has 0 aliphatic carbocycles. The zero-order valence-electron chi connectivity index (χ0n) is 15.9. The third-order valence-electron chi connectivity index (χ3n) is 4.44. The molecule has 1 N–H and O–H groups in total. The molecule has 4 rings (SSSR count). The van der Waals surface area contributed by atoms with Crippen LogP contribution in [0.5, 0.6) is 0 Å². The number of hydrogen-bond donors (Lipinski definition) is 1. The highest BCUT2D eigenvalue weighted by Gasteiger charge is 2.09. The van der Waals surface area contributed by atoms with Gasteiger partial charge in [-0.25, -0.2) is 0 Å². The molecule has 146 valence electrons. The number of aryl methyl sites for hydroxylation is 1. The lowest BCUT2D eigenvalue weighted by Gasteiger charge is -2.06. The van der Waals surface area contributed by atoms with Crippen molar-refractivity contribution in [2.75, 3.05) is 5.32 Å². The summed E-state index contributed by atoms with van der Waals surface area (Å²) in [5.74, 6) is 0.346. The second-order valence-corrected chi connectivity index (χ2v) is 7.81. The van der Waals surface area contributed by atoms with E-state index < -0.39 is 0 Å². The number of carbonyl (C=O) groups excluding carboxylic acids is 1. The van der Waals surface area contributed by atoms with Crippen molar-refractivity contribution in [3.05, 3.63) is 99.9 Å². The first-order valence-corrected chi connectivity index (χ1v) is 10.0. The van der Waals surface area contributed by atoms with Crippen LogP contribution in [0.15, 0.2) is 77.7 Å². The van der Waals surface area contributed by atoms with E-state index in [1.807, 2.05) is 46.0 Å². The second-order valence-electron chi connectivity index (χ2n) is 6.90. The Bertz CT molecular complexity index is 1150. The number of nitrogens with zero attached hydrogens (tertiary/aromatic N) is 4. The Morgan fingerprint density at radius 1 is 1.03 bits per heavy atom. The van der Waals surface area contributed by atoms with Gasteiger partial charge in [0.15, 0.2) is 5.82 Å². The van der Waals surface area contributed by atoms with E-state index in [0.717, 1.165) is 10.0 Å². The topological polar surface area (TPSA) is 64.7 Å². The highest BCUT2D eigenvalue weighted by Crippen LogP contribution is 2.13. The maximum absolute atomic E-state index is 12.6. The van der Waals surface area contributed by atoms with E-state index in [-0.39, 0.29) is 5.91 Å². The molecule has 6 nitrogen and oxygen atoms in total. The van der Waals surface area contributed by atoms with E-state index in [4.69, 9.17) is 0 Å². The van der Waals surface area contributed by atoms with Gasteiger partial charge in [0.05, 0.1) is 23.8 Å². The van der Waals surface area contributed by atoms with Crippen LogP contribution >= 0.6 is 15.9 Å². The van der Waals surface area contributed by atoms with Crippen molar-refractivity contribution in [3.63, 3.8) is 0 Å². The number of rotatable bonds is 6. The number of halogens is 1. The van der Waals surface area contributed by atoms with E-state index in [9.17, 15) is 4.79 Å². The van der Waals surface area contributed by atoms with Crippen LogP contribution in [-0.2, 0) is 13.1 Å². The fraction of sp³-hybridized carbons (Fsp3) is 0.136. The van der Waals surface area contributed by atoms with Crippen molar-refractivity contribution in [2.24, 2.45) is 0 Å². The Labute approximate surface area is 177 Å². The molecule has 0 saturated carbocycles. The fourth-order valence-electron chi connectivity index (χ4n) is 3.13. The number of hydrogen-bond acceptors (Lipinski definition) is 3. The molecule has 0 aliphatic rings. The fourth-order valence-corrected chi connectivity index (χ4v) is 3.45. The molecule has 0 spiro atoms. The third kappa shape index (κ3) is 5.00. The van der Waals surface area contributed by atoms with E-state index in [1.165, 1.54) is 11.1 Å². The number of anilines is 1. The van der Waals surface area contributed by atoms with Gasteiger partial charge in [0.1, 0.15) is 0 Å². The number of aromatic nitrogens is 4. The highest BCUT2D eigenvalue weighted by atomic mass is 79.9. The van der Waals surface area contributed by atoms with Crippen LogP contribution in [0.3, 0.4) is 0 Å². The van der Waals surface area contributed by atoms with Gasteiger partial charge in [-0.2, -0.15) is 10.2 Å². The molecule has 7 heteroatoms. The lowest BCUT2D eigenvalue weighted by Crippen LogP contribution is -2.13. The van der Waals surface area contributed by atoms with Gasteiger partial charge in [0.2, 0.25) is 0 Å². The number of amides is 1. The molecule has 2 aromatic carbocycles. The predicted octanol–water partition coefficient (Wildman–Crippen LogP) is 4.50. The van der Waals surface area contributed by atoms with E-state index in [1.54, 1.807) is 18.3 Å². The summed E-state index contributed by atoms with van der Waals surface area (Å²) in [5, 5.41) is 11.6. The molecular formula is C22H20BrN5O. The third-order valence-corrected chi connectivity index (χ3v) is 4.85. The first-order chi connectivity index (χ1) is 14.0. The summed E-state index contributed by atoms with van der Waals surface area (Å²) in [6, 6.07) is 17.6. The maximum Gasteiger partial charge on any atom is 0.256 e. The number of benzene rings is 2. The van der Waals surface area contributed by atoms with Gasteiger partial charge in [-0.1, -0.05) is 42.0 Å². The van der Waals surface area contributed by atoms with Crippen molar-refractivity contribution >= 4 is 27.7 Å². The molecule has 0 saturated heterocycles. The summed E-state index contributed by atoms with van der Waals surface area (Å²) in [6.45, 7) is 3.32. The minimum atomic E-state index is -0.186. The molecule has 2 aromatic heterocycles. The van der Waals surface area contributed by atoms with Crippen molar-refractivity contribution in [2.45, 2.75) is 20.0 Å². The lowest BCUT2D eigenvalue weighted by atomic mass is 10.1. The van der Waals surface area contributed by atoms with Crippen molar-refractivity contribution in [1.82, 2.24) is 19.6 Å². The molecule has 0 unspecified atom stereocenters. The zero-order valence-corrected chi connectivity index (χ0v) is 17.5. The SMILES string of the molecule is Cc1cccc(Cn2ccc(NC(=O)c3cccc(Cn4cc(Br)cn4)c3)n2)c1. The van der Waals surface area contributed by atoms with Crippen molar-refractivity contribution < 1.29 is 4.79 Å². The summed E-state index contributed by atoms with van der Waals surface area (Å²) >= 11 is 3.39. The first-order valence-electron chi connectivity index (χ1n) is 9.22. The zero-order chi connectivity index (χ0) is 20.2. The molecular weight excluding hydrogens is 430 g/mol. The van der Waals surface area contributed by atoms with E-state index in [0.29, 0.717) is 24.5 Å². The summed E-state index contributed by atoms with van der Waals surface area (Å²) in [5.41, 5.74) is 3.97. The molecule has 0 bridgehead atoms. The molecule has 1 amide bonds. The molecule has 0 radical (unpaired) electrons. The quantitative estimate of drug-likeness (QED) is 0.471. The Morgan fingerprint density at radius 3 is 2.55 bits per heavy atom. The Kier molecular flexibility index (Phi) is 5.57. The second kappa shape index (κ2) is 8.45. The minimum Gasteiger partial charge on any atom is -0.305 e. The first kappa shape index (κ1) is 19.1. The van der Waals surface area contributed by atoms with E-state index in [2.05, 4.69) is 56.6 Å². The molecule has 0 atom stereocenters. The van der Waals surface area contributed by atoms with Crippen LogP contribution in [-0.4, -0.2) is 25.5 Å². The van der Waals surface area contributed by atoms with Crippen molar-refractivity contribution in [3.8, 4) is 0 Å². The van der Waals surface area contributed by atoms with Gasteiger partial charge in [-0.05, 0) is 46.1 Å². The van der Waals surface area contributed by atoms with Gasteiger partial charge in [0.25, 0.3) is 5.91 Å². The molecule has 29 heavy (non-hydrogen) atoms. The van der Waals surface area contributed by atoms with Crippen LogP contribution in [0.1, 0.15) is 27.0 Å². The van der Waals surface area contributed by atoms with Gasteiger partial charge >= 0.3 is 0 Å². The average Bonchev–Trinajstić information content (AvgIpc) is 3.30. The smallest absolute Gasteiger partial charge is 0.256 e. The van der Waals surface area contributed by atoms with Crippen LogP contribution in [0, 0.1) is 6.92 Å². The predicted molar refractivity (Wildman–Crippen MR) is 116 cm³/mol. The Balaban J connectivity index is 1.42. The molecule has 0 aliphatic heterocycles. The normalized spacial score (nSPS) is 10.8. The van der Waals surface area contributed by atoms with Crippen molar-refractivity contribution in [1.29, 1.82) is 0 Å². The monoisotopic (exact) mass is 449 g/mol. The van der Waals surface area contributed by atoms with Crippen LogP contribution in [0.25, 0.3) is 0 Å². The van der Waals surface area contributed by atoms with Gasteiger partial charge in [-0.3, -0.25) is 14.2 Å². The van der Waals surface area contributed by atoms with Crippen LogP contribution in [0.2, 0.25) is 0 Å². The number of carbonyl (C=O) groups is 1. The summed E-state index contributed by atoms with van der Waals surface area (Å²) < 4.78 is 4.55. The number of nitrogens with one attached hydrogen (secondary N) is 1. The minimum absolute atomic E-state index is 0.186. The largest absolute Gasteiger partial charge is 0.305 e. The van der Waals surface area contributed by atoms with Crippen LogP contribution in [0.4, 0.5) is 5.82 Å². The lowest BCUT2D eigenvalue weighted by molar-refractivity contribution is 0.102. The van der Waals surface area contributed by atoms with E-state index >= 15 is 0 Å². The van der Waals surface area contributed by atoms with Gasteiger partial charge in [0, 0.05) is 24.0 Å². The maximum atomic E-state index is 12.6. The highest BCUT2D eigenvalue weighted by molar-refractivity contribution is 9.10. The Hall–Kier alpha value is -3.19. The molecule has 2 heterocycles. The molecule has 0 fully saturated rings. The standard InChI is InChI=1S/C22H20BrN5O/c1-16-4-2-5-17(10-16)13-27-9-8-21(26-27)25-22(29)19-7-3-6-18(11-19)14-28-15-20(23)12-24-28/h2-12,15H,13-14H2,1H3,(H,25,26,29). The van der Waals surface area contributed by atoms with Gasteiger partial charge in [-0.15, -0.1) is 0 Å². The summed E-state index contributed by atoms with van der Waals surface area (Å²) in [7, 11) is 0.